The van der Waals surface area contributed by atoms with Crippen molar-refractivity contribution in [2.24, 2.45) is 0 Å². The van der Waals surface area contributed by atoms with E-state index >= 15 is 0 Å². The summed E-state index contributed by atoms with van der Waals surface area (Å²) in [5.41, 5.74) is 2.26. The van der Waals surface area contributed by atoms with E-state index in [1.165, 1.54) is 4.31 Å². The molecular weight excluding hydrogens is 308 g/mol. The molecule has 0 unspecified atom stereocenters. The Kier molecular flexibility index (Phi) is 3.63. The smallest absolute Gasteiger partial charge is 0.264 e. The molecule has 0 bridgehead atoms. The van der Waals surface area contributed by atoms with E-state index in [2.05, 4.69) is 4.98 Å². The van der Waals surface area contributed by atoms with Gasteiger partial charge in [-0.15, -0.1) is 0 Å². The van der Waals surface area contributed by atoms with Crippen LogP contribution in [-0.4, -0.2) is 19.9 Å². The first kappa shape index (κ1) is 14.4. The Morgan fingerprint density at radius 1 is 1.29 bits per heavy atom. The van der Waals surface area contributed by atoms with Gasteiger partial charge in [0.1, 0.15) is 0 Å². The molecule has 2 heterocycles. The Labute approximate surface area is 129 Å². The van der Waals surface area contributed by atoms with Crippen LogP contribution in [0.5, 0.6) is 0 Å². The molecule has 0 amide bonds. The van der Waals surface area contributed by atoms with Gasteiger partial charge in [-0.25, -0.2) is 8.42 Å². The summed E-state index contributed by atoms with van der Waals surface area (Å²) in [4.78, 5) is 4.55. The van der Waals surface area contributed by atoms with Gasteiger partial charge in [-0.05, 0) is 55.7 Å². The van der Waals surface area contributed by atoms with Gasteiger partial charge in [-0.2, -0.15) is 0 Å². The average Bonchev–Trinajstić information content (AvgIpc) is 2.49. The molecule has 3 rings (SSSR count). The highest BCUT2D eigenvalue weighted by atomic mass is 35.5. The summed E-state index contributed by atoms with van der Waals surface area (Å²) in [5, 5.41) is 0.565. The third-order valence-electron chi connectivity index (χ3n) is 3.63. The maximum atomic E-state index is 12.9. The summed E-state index contributed by atoms with van der Waals surface area (Å²) in [6.07, 6.45) is 3.28. The van der Waals surface area contributed by atoms with E-state index in [0.29, 0.717) is 17.3 Å². The Bertz CT molecular complexity index is 790. The predicted octanol–water partition coefficient (Wildman–Crippen LogP) is 3.18. The lowest BCUT2D eigenvalue weighted by Gasteiger charge is -2.29. The minimum absolute atomic E-state index is 0.265. The maximum Gasteiger partial charge on any atom is 0.264 e. The zero-order chi connectivity index (χ0) is 15.0. The lowest BCUT2D eigenvalue weighted by Crippen LogP contribution is -2.35. The van der Waals surface area contributed by atoms with Crippen LogP contribution in [0.4, 0.5) is 5.69 Å². The lowest BCUT2D eigenvalue weighted by atomic mass is 10.1. The molecule has 0 aliphatic carbocycles. The van der Waals surface area contributed by atoms with Crippen molar-refractivity contribution in [3.05, 3.63) is 52.8 Å². The number of benzene rings is 1. The number of halogens is 1. The van der Waals surface area contributed by atoms with E-state index < -0.39 is 10.0 Å². The van der Waals surface area contributed by atoms with E-state index in [0.717, 1.165) is 24.1 Å². The number of anilines is 1. The Balaban J connectivity index is 2.09. The molecule has 0 N–H and O–H groups in total. The van der Waals surface area contributed by atoms with Crippen LogP contribution in [0.25, 0.3) is 0 Å². The summed E-state index contributed by atoms with van der Waals surface area (Å²) in [6.45, 7) is 2.27. The van der Waals surface area contributed by atoms with E-state index in [1.54, 1.807) is 37.4 Å². The van der Waals surface area contributed by atoms with Crippen molar-refractivity contribution in [1.82, 2.24) is 4.98 Å². The van der Waals surface area contributed by atoms with Gasteiger partial charge in [-0.1, -0.05) is 11.6 Å². The number of rotatable bonds is 2. The summed E-state index contributed by atoms with van der Waals surface area (Å²) in [7, 11) is -3.58. The monoisotopic (exact) mass is 322 g/mol. The summed E-state index contributed by atoms with van der Waals surface area (Å²) >= 11 is 5.98. The maximum absolute atomic E-state index is 12.9. The Morgan fingerprint density at radius 3 is 2.86 bits per heavy atom. The predicted molar refractivity (Wildman–Crippen MR) is 83.3 cm³/mol. The highest BCUT2D eigenvalue weighted by molar-refractivity contribution is 7.92. The van der Waals surface area contributed by atoms with Gasteiger partial charge in [0.05, 0.1) is 16.3 Å². The third-order valence-corrected chi connectivity index (χ3v) is 5.86. The number of sulfonamides is 1. The molecule has 4 nitrogen and oxygen atoms in total. The molecule has 110 valence electrons. The van der Waals surface area contributed by atoms with Crippen molar-refractivity contribution in [1.29, 1.82) is 0 Å². The second-order valence-corrected chi connectivity index (χ2v) is 7.33. The topological polar surface area (TPSA) is 50.3 Å². The van der Waals surface area contributed by atoms with E-state index in [4.69, 9.17) is 11.6 Å². The molecule has 0 fully saturated rings. The SMILES string of the molecule is Cc1cc(S(=O)(=O)N2CCCc3ncccc32)ccc1Cl. The molecular formula is C15H15ClN2O2S. The highest BCUT2D eigenvalue weighted by Crippen LogP contribution is 2.31. The number of fused-ring (bicyclic) bond motifs is 1. The zero-order valence-electron chi connectivity index (χ0n) is 11.6. The normalized spacial score (nSPS) is 14.9. The van der Waals surface area contributed by atoms with Crippen molar-refractivity contribution < 1.29 is 8.42 Å². The van der Waals surface area contributed by atoms with Gasteiger partial charge in [0.25, 0.3) is 10.0 Å². The fraction of sp³-hybridized carbons (Fsp3) is 0.267. The van der Waals surface area contributed by atoms with Gasteiger partial charge in [0.2, 0.25) is 0 Å². The van der Waals surface area contributed by atoms with E-state index in [1.807, 2.05) is 6.07 Å². The third kappa shape index (κ3) is 2.51. The molecule has 21 heavy (non-hydrogen) atoms. The van der Waals surface area contributed by atoms with E-state index in [-0.39, 0.29) is 4.90 Å². The fourth-order valence-electron chi connectivity index (χ4n) is 2.51. The number of hydrogen-bond donors (Lipinski definition) is 0. The molecule has 1 aliphatic rings. The summed E-state index contributed by atoms with van der Waals surface area (Å²) in [5.74, 6) is 0. The van der Waals surface area contributed by atoms with Gasteiger partial charge >= 0.3 is 0 Å². The molecule has 0 radical (unpaired) electrons. The number of aromatic nitrogens is 1. The number of pyridine rings is 1. The Hall–Kier alpha value is -1.59. The first-order valence-electron chi connectivity index (χ1n) is 6.73. The van der Waals surface area contributed by atoms with Crippen LogP contribution in [0.2, 0.25) is 5.02 Å². The fourth-order valence-corrected chi connectivity index (χ4v) is 4.25. The standard InChI is InChI=1S/C15H15ClN2O2S/c1-11-10-12(6-7-13(11)16)21(19,20)18-9-3-4-14-15(18)5-2-8-17-14/h2,5-8,10H,3-4,9H2,1H3. The molecule has 0 atom stereocenters. The van der Waals surface area contributed by atoms with Crippen molar-refractivity contribution in [2.75, 3.05) is 10.8 Å². The first-order valence-corrected chi connectivity index (χ1v) is 8.55. The van der Waals surface area contributed by atoms with Crippen LogP contribution in [0, 0.1) is 6.92 Å². The number of aryl methyl sites for hydroxylation is 2. The van der Waals surface area contributed by atoms with Crippen LogP contribution in [0.1, 0.15) is 17.7 Å². The van der Waals surface area contributed by atoms with Crippen molar-refractivity contribution in [3.8, 4) is 0 Å². The molecule has 1 aliphatic heterocycles. The van der Waals surface area contributed by atoms with Gasteiger partial charge in [0, 0.05) is 17.8 Å². The zero-order valence-corrected chi connectivity index (χ0v) is 13.2. The van der Waals surface area contributed by atoms with Crippen LogP contribution < -0.4 is 4.31 Å². The molecule has 1 aromatic carbocycles. The van der Waals surface area contributed by atoms with Crippen LogP contribution in [0.3, 0.4) is 0 Å². The van der Waals surface area contributed by atoms with Crippen molar-refractivity contribution in [3.63, 3.8) is 0 Å². The second-order valence-electron chi connectivity index (χ2n) is 5.06. The molecule has 0 saturated carbocycles. The molecule has 0 saturated heterocycles. The van der Waals surface area contributed by atoms with Crippen LogP contribution >= 0.6 is 11.6 Å². The average molecular weight is 323 g/mol. The number of nitrogens with zero attached hydrogens (tertiary/aromatic N) is 2. The molecule has 0 spiro atoms. The van der Waals surface area contributed by atoms with Gasteiger partial charge < -0.3 is 0 Å². The molecule has 2 aromatic rings. The van der Waals surface area contributed by atoms with Crippen LogP contribution in [-0.2, 0) is 16.4 Å². The second kappa shape index (κ2) is 5.31. The quantitative estimate of drug-likeness (QED) is 0.853. The van der Waals surface area contributed by atoms with Gasteiger partial charge in [0.15, 0.2) is 0 Å². The van der Waals surface area contributed by atoms with Crippen molar-refractivity contribution >= 4 is 27.3 Å². The Morgan fingerprint density at radius 2 is 2.10 bits per heavy atom. The minimum Gasteiger partial charge on any atom is -0.264 e. The van der Waals surface area contributed by atoms with Crippen molar-refractivity contribution in [2.45, 2.75) is 24.7 Å². The summed E-state index contributed by atoms with van der Waals surface area (Å²) < 4.78 is 27.2. The molecule has 1 aromatic heterocycles. The summed E-state index contributed by atoms with van der Waals surface area (Å²) in [6, 6.07) is 8.36. The highest BCUT2D eigenvalue weighted by Gasteiger charge is 2.29. The van der Waals surface area contributed by atoms with E-state index in [9.17, 15) is 8.42 Å². The first-order chi connectivity index (χ1) is 10.00. The minimum atomic E-state index is -3.58. The largest absolute Gasteiger partial charge is 0.264 e. The number of hydrogen-bond acceptors (Lipinski definition) is 3. The van der Waals surface area contributed by atoms with Gasteiger partial charge in [-0.3, -0.25) is 9.29 Å². The molecule has 6 heteroatoms. The lowest BCUT2D eigenvalue weighted by molar-refractivity contribution is 0.585. The van der Waals surface area contributed by atoms with Crippen LogP contribution in [0.15, 0.2) is 41.4 Å².